The van der Waals surface area contributed by atoms with Crippen LogP contribution in [0, 0.1) is 5.92 Å². The Morgan fingerprint density at radius 1 is 1.16 bits per heavy atom. The molecule has 0 bridgehead atoms. The van der Waals surface area contributed by atoms with Crippen LogP contribution in [0.1, 0.15) is 18.7 Å². The number of ether oxygens (including phenoxy) is 2. The second-order valence-electron chi connectivity index (χ2n) is 7.50. The average molecular weight is 443 g/mol. The number of amides is 1. The SMILES string of the molecule is O=C(NC[C@H]1O[C@H](Cc2nc(-c3ccc(OC(F)(F)F)cc3)no2)[C@H](O)[C@@H]1O)C1CC1. The summed E-state index contributed by atoms with van der Waals surface area (Å²) in [5, 5.41) is 26.9. The van der Waals surface area contributed by atoms with Gasteiger partial charge in [-0.3, -0.25) is 4.79 Å². The molecule has 12 heteroatoms. The summed E-state index contributed by atoms with van der Waals surface area (Å²) in [7, 11) is 0. The fourth-order valence-electron chi connectivity index (χ4n) is 3.29. The zero-order valence-electron chi connectivity index (χ0n) is 16.1. The molecule has 9 nitrogen and oxygen atoms in total. The lowest BCUT2D eigenvalue weighted by atomic mass is 10.1. The lowest BCUT2D eigenvalue weighted by Crippen LogP contribution is -2.40. The lowest BCUT2D eigenvalue weighted by Gasteiger charge is -2.15. The van der Waals surface area contributed by atoms with E-state index in [4.69, 9.17) is 9.26 Å². The van der Waals surface area contributed by atoms with Crippen LogP contribution in [-0.2, 0) is 16.0 Å². The minimum absolute atomic E-state index is 0.00751. The Hall–Kier alpha value is -2.70. The Morgan fingerprint density at radius 3 is 2.48 bits per heavy atom. The van der Waals surface area contributed by atoms with Gasteiger partial charge in [0, 0.05) is 18.0 Å². The number of aliphatic hydroxyl groups excluding tert-OH is 2. The first-order valence-electron chi connectivity index (χ1n) is 9.67. The van der Waals surface area contributed by atoms with Gasteiger partial charge in [0.05, 0.1) is 12.5 Å². The van der Waals surface area contributed by atoms with Gasteiger partial charge < -0.3 is 29.5 Å². The summed E-state index contributed by atoms with van der Waals surface area (Å²) in [6.07, 6.45) is -7.07. The third-order valence-corrected chi connectivity index (χ3v) is 5.08. The summed E-state index contributed by atoms with van der Waals surface area (Å²) in [6.45, 7) is 0.0749. The molecule has 1 aliphatic carbocycles. The number of aromatic nitrogens is 2. The molecule has 1 aliphatic heterocycles. The molecule has 4 rings (SSSR count). The van der Waals surface area contributed by atoms with Gasteiger partial charge in [0.1, 0.15) is 24.1 Å². The molecule has 2 aliphatic rings. The van der Waals surface area contributed by atoms with Crippen molar-refractivity contribution in [2.75, 3.05) is 6.54 Å². The molecule has 0 unspecified atom stereocenters. The van der Waals surface area contributed by atoms with Crippen LogP contribution in [0.15, 0.2) is 28.8 Å². The Balaban J connectivity index is 1.34. The van der Waals surface area contributed by atoms with Crippen molar-refractivity contribution in [1.29, 1.82) is 0 Å². The zero-order chi connectivity index (χ0) is 22.2. The van der Waals surface area contributed by atoms with Crippen LogP contribution in [-0.4, -0.2) is 63.6 Å². The van der Waals surface area contributed by atoms with Gasteiger partial charge in [-0.2, -0.15) is 4.98 Å². The minimum Gasteiger partial charge on any atom is -0.406 e. The molecule has 168 valence electrons. The number of benzene rings is 1. The Kier molecular flexibility index (Phi) is 5.86. The van der Waals surface area contributed by atoms with Crippen molar-refractivity contribution >= 4 is 5.91 Å². The van der Waals surface area contributed by atoms with E-state index in [1.165, 1.54) is 12.1 Å². The van der Waals surface area contributed by atoms with E-state index in [9.17, 15) is 28.2 Å². The minimum atomic E-state index is -4.79. The summed E-state index contributed by atoms with van der Waals surface area (Å²) in [6, 6.07) is 4.94. The molecule has 0 radical (unpaired) electrons. The molecule has 1 saturated heterocycles. The van der Waals surface area contributed by atoms with E-state index in [1.54, 1.807) is 0 Å². The molecule has 3 N–H and O–H groups in total. The number of nitrogens with one attached hydrogen (secondary N) is 1. The molecule has 2 heterocycles. The Morgan fingerprint density at radius 2 is 1.84 bits per heavy atom. The highest BCUT2D eigenvalue weighted by atomic mass is 19.4. The predicted octanol–water partition coefficient (Wildman–Crippen LogP) is 1.19. The maximum atomic E-state index is 12.2. The number of halogens is 3. The first-order valence-corrected chi connectivity index (χ1v) is 9.67. The molecule has 2 aromatic rings. The van der Waals surface area contributed by atoms with Crippen LogP contribution < -0.4 is 10.1 Å². The summed E-state index contributed by atoms with van der Waals surface area (Å²) in [5.74, 6) is -0.206. The molecule has 1 saturated carbocycles. The third-order valence-electron chi connectivity index (χ3n) is 5.08. The van der Waals surface area contributed by atoms with E-state index in [-0.39, 0.29) is 42.3 Å². The quantitative estimate of drug-likeness (QED) is 0.583. The predicted molar refractivity (Wildman–Crippen MR) is 96.5 cm³/mol. The van der Waals surface area contributed by atoms with Crippen LogP contribution in [0.25, 0.3) is 11.4 Å². The summed E-state index contributed by atoms with van der Waals surface area (Å²) >= 11 is 0. The first kappa shape index (κ1) is 21.5. The van der Waals surface area contributed by atoms with Gasteiger partial charge in [-0.25, -0.2) is 0 Å². The molecule has 31 heavy (non-hydrogen) atoms. The van der Waals surface area contributed by atoms with E-state index in [0.717, 1.165) is 25.0 Å². The zero-order valence-corrected chi connectivity index (χ0v) is 16.1. The average Bonchev–Trinajstić information content (AvgIpc) is 3.41. The number of hydrogen-bond donors (Lipinski definition) is 3. The fourth-order valence-corrected chi connectivity index (χ4v) is 3.29. The van der Waals surface area contributed by atoms with Crippen LogP contribution in [0.5, 0.6) is 5.75 Å². The van der Waals surface area contributed by atoms with Crippen LogP contribution in [0.3, 0.4) is 0 Å². The standard InChI is InChI=1S/C19H20F3N3O6/c20-19(21,22)30-11-5-3-9(4-6-11)17-24-14(31-25-17)7-12-15(26)16(27)13(29-12)8-23-18(28)10-1-2-10/h3-6,10,12-13,15-16,26-27H,1-2,7-8H2,(H,23,28)/t12-,13-,15+,16-/m1/s1. The molecule has 1 aromatic carbocycles. The molecule has 4 atom stereocenters. The molecule has 1 amide bonds. The molecular formula is C19H20F3N3O6. The third kappa shape index (κ3) is 5.32. The van der Waals surface area contributed by atoms with Crippen molar-refractivity contribution in [1.82, 2.24) is 15.5 Å². The van der Waals surface area contributed by atoms with Gasteiger partial charge in [0.15, 0.2) is 0 Å². The molecule has 1 aromatic heterocycles. The summed E-state index contributed by atoms with van der Waals surface area (Å²) < 4.78 is 51.3. The van der Waals surface area contributed by atoms with Crippen molar-refractivity contribution < 1.29 is 42.2 Å². The van der Waals surface area contributed by atoms with Gasteiger partial charge in [0.2, 0.25) is 17.6 Å². The highest BCUT2D eigenvalue weighted by Crippen LogP contribution is 2.30. The number of aliphatic hydroxyl groups is 2. The Labute approximate surface area is 174 Å². The van der Waals surface area contributed by atoms with Gasteiger partial charge >= 0.3 is 6.36 Å². The van der Waals surface area contributed by atoms with Crippen molar-refractivity contribution in [2.45, 2.75) is 50.0 Å². The number of alkyl halides is 3. The van der Waals surface area contributed by atoms with E-state index >= 15 is 0 Å². The summed E-state index contributed by atoms with van der Waals surface area (Å²) in [4.78, 5) is 15.9. The maximum absolute atomic E-state index is 12.2. The van der Waals surface area contributed by atoms with E-state index < -0.39 is 30.8 Å². The van der Waals surface area contributed by atoms with E-state index in [1.807, 2.05) is 0 Å². The number of rotatable bonds is 7. The number of nitrogens with zero attached hydrogens (tertiary/aromatic N) is 2. The van der Waals surface area contributed by atoms with Crippen molar-refractivity contribution in [3.05, 3.63) is 30.2 Å². The highest BCUT2D eigenvalue weighted by Gasteiger charge is 2.43. The normalized spacial score (nSPS) is 26.1. The molecule has 2 fully saturated rings. The monoisotopic (exact) mass is 443 g/mol. The maximum Gasteiger partial charge on any atom is 0.573 e. The molecular weight excluding hydrogens is 423 g/mol. The lowest BCUT2D eigenvalue weighted by molar-refractivity contribution is -0.274. The van der Waals surface area contributed by atoms with Crippen LogP contribution in [0.4, 0.5) is 13.2 Å². The van der Waals surface area contributed by atoms with E-state index in [0.29, 0.717) is 5.56 Å². The van der Waals surface area contributed by atoms with Gasteiger partial charge in [-0.05, 0) is 37.1 Å². The largest absolute Gasteiger partial charge is 0.573 e. The smallest absolute Gasteiger partial charge is 0.406 e. The second-order valence-corrected chi connectivity index (χ2v) is 7.50. The number of hydrogen-bond acceptors (Lipinski definition) is 8. The first-order chi connectivity index (χ1) is 14.7. The second kappa shape index (κ2) is 8.44. The highest BCUT2D eigenvalue weighted by molar-refractivity contribution is 5.80. The summed E-state index contributed by atoms with van der Waals surface area (Å²) in [5.41, 5.74) is 0.401. The topological polar surface area (TPSA) is 127 Å². The van der Waals surface area contributed by atoms with Gasteiger partial charge in [-0.15, -0.1) is 13.2 Å². The van der Waals surface area contributed by atoms with Crippen LogP contribution in [0.2, 0.25) is 0 Å². The fraction of sp³-hybridized carbons (Fsp3) is 0.526. The van der Waals surface area contributed by atoms with Crippen molar-refractivity contribution in [3.8, 4) is 17.1 Å². The number of carbonyl (C=O) groups excluding carboxylic acids is 1. The Bertz CT molecular complexity index is 915. The van der Waals surface area contributed by atoms with Gasteiger partial charge in [-0.1, -0.05) is 5.16 Å². The number of carbonyl (C=O) groups is 1. The van der Waals surface area contributed by atoms with E-state index in [2.05, 4.69) is 20.2 Å². The van der Waals surface area contributed by atoms with Gasteiger partial charge in [0.25, 0.3) is 0 Å². The van der Waals surface area contributed by atoms with Crippen molar-refractivity contribution in [3.63, 3.8) is 0 Å². The van der Waals surface area contributed by atoms with Crippen molar-refractivity contribution in [2.24, 2.45) is 5.92 Å². The molecule has 0 spiro atoms. The van der Waals surface area contributed by atoms with Crippen LogP contribution >= 0.6 is 0 Å².